The maximum atomic E-state index is 12.9. The van der Waals surface area contributed by atoms with E-state index >= 15 is 0 Å². The van der Waals surface area contributed by atoms with Gasteiger partial charge in [0.15, 0.2) is 0 Å². The van der Waals surface area contributed by atoms with Crippen LogP contribution in [0.15, 0.2) is 23.8 Å². The zero-order chi connectivity index (χ0) is 16.6. The third kappa shape index (κ3) is 2.77. The summed E-state index contributed by atoms with van der Waals surface area (Å²) in [7, 11) is 1.64. The number of piperidine rings is 1. The predicted molar refractivity (Wildman–Crippen MR) is 92.2 cm³/mol. The molecule has 128 valence electrons. The first-order valence-electron chi connectivity index (χ1n) is 8.71. The average Bonchev–Trinajstić information content (AvgIpc) is 3.09. The second kappa shape index (κ2) is 6.13. The molecule has 1 N–H and O–H groups in total. The van der Waals surface area contributed by atoms with Crippen molar-refractivity contribution in [3.8, 4) is 11.5 Å². The molecule has 0 bridgehead atoms. The molecule has 2 fully saturated rings. The number of ether oxygens (including phenoxy) is 2. The first-order chi connectivity index (χ1) is 11.7. The largest absolute Gasteiger partial charge is 0.497 e. The molecule has 0 radical (unpaired) electrons. The third-order valence-electron chi connectivity index (χ3n) is 5.65. The van der Waals surface area contributed by atoms with Crippen molar-refractivity contribution in [1.82, 2.24) is 10.2 Å². The predicted octanol–water partition coefficient (Wildman–Crippen LogP) is 2.07. The summed E-state index contributed by atoms with van der Waals surface area (Å²) < 4.78 is 11.0. The van der Waals surface area contributed by atoms with Gasteiger partial charge < -0.3 is 19.7 Å². The number of rotatable bonds is 2. The second-order valence-electron chi connectivity index (χ2n) is 7.08. The van der Waals surface area contributed by atoms with Gasteiger partial charge in [-0.15, -0.1) is 0 Å². The minimum atomic E-state index is 0.115. The van der Waals surface area contributed by atoms with E-state index in [0.29, 0.717) is 12.0 Å². The smallest absolute Gasteiger partial charge is 0.253 e. The van der Waals surface area contributed by atoms with Gasteiger partial charge in [-0.25, -0.2) is 0 Å². The Balaban J connectivity index is 1.47. The van der Waals surface area contributed by atoms with Crippen molar-refractivity contribution < 1.29 is 14.3 Å². The standard InChI is InChI=1S/C19H24N2O3/c1-23-16-2-3-17-14(11-16)10-15(12-24-17)18(22)21-8-5-19(6-9-21)4-7-20-13-19/h2-3,10-11,20H,4-9,12-13H2,1H3. The number of hydrogen-bond acceptors (Lipinski definition) is 4. The SMILES string of the molecule is COc1ccc2c(c1)C=C(C(=O)N1CCC3(CCNC3)CC1)CO2. The highest BCUT2D eigenvalue weighted by molar-refractivity contribution is 5.99. The molecule has 0 aliphatic carbocycles. The lowest BCUT2D eigenvalue weighted by Crippen LogP contribution is -2.45. The summed E-state index contributed by atoms with van der Waals surface area (Å²) in [5.41, 5.74) is 2.07. The van der Waals surface area contributed by atoms with Gasteiger partial charge in [-0.3, -0.25) is 4.79 Å². The fourth-order valence-corrected chi connectivity index (χ4v) is 4.02. The normalized spacial score (nSPS) is 21.9. The Morgan fingerprint density at radius 3 is 2.83 bits per heavy atom. The summed E-state index contributed by atoms with van der Waals surface area (Å²) in [6.07, 6.45) is 5.40. The van der Waals surface area contributed by atoms with Crippen LogP contribution < -0.4 is 14.8 Å². The molecule has 1 aromatic rings. The van der Waals surface area contributed by atoms with Crippen molar-refractivity contribution in [3.05, 3.63) is 29.3 Å². The number of nitrogens with zero attached hydrogens (tertiary/aromatic N) is 1. The Labute approximate surface area is 142 Å². The van der Waals surface area contributed by atoms with Crippen LogP contribution in [0.1, 0.15) is 24.8 Å². The van der Waals surface area contributed by atoms with Crippen molar-refractivity contribution in [3.63, 3.8) is 0 Å². The number of hydrogen-bond donors (Lipinski definition) is 1. The number of amides is 1. The molecule has 4 rings (SSSR count). The van der Waals surface area contributed by atoms with Crippen molar-refractivity contribution in [2.75, 3.05) is 39.9 Å². The van der Waals surface area contributed by atoms with Crippen LogP contribution in [-0.4, -0.2) is 50.7 Å². The Hall–Kier alpha value is -2.01. The number of fused-ring (bicyclic) bond motifs is 1. The fraction of sp³-hybridized carbons (Fsp3) is 0.526. The van der Waals surface area contributed by atoms with Gasteiger partial charge in [0.2, 0.25) is 0 Å². The number of nitrogens with one attached hydrogen (secondary N) is 1. The Bertz CT molecular complexity index is 667. The highest BCUT2D eigenvalue weighted by Gasteiger charge is 2.38. The number of benzene rings is 1. The monoisotopic (exact) mass is 328 g/mol. The molecule has 3 heterocycles. The first-order valence-corrected chi connectivity index (χ1v) is 8.71. The molecule has 0 saturated carbocycles. The van der Waals surface area contributed by atoms with Gasteiger partial charge in [-0.2, -0.15) is 0 Å². The van der Waals surface area contributed by atoms with Crippen LogP contribution >= 0.6 is 0 Å². The van der Waals surface area contributed by atoms with E-state index in [1.54, 1.807) is 7.11 Å². The van der Waals surface area contributed by atoms with Gasteiger partial charge >= 0.3 is 0 Å². The zero-order valence-corrected chi connectivity index (χ0v) is 14.1. The number of methoxy groups -OCH3 is 1. The Kier molecular flexibility index (Phi) is 3.96. The lowest BCUT2D eigenvalue weighted by Gasteiger charge is -2.39. The van der Waals surface area contributed by atoms with Gasteiger partial charge in [0, 0.05) is 25.2 Å². The molecule has 1 spiro atoms. The van der Waals surface area contributed by atoms with E-state index in [0.717, 1.165) is 61.7 Å². The van der Waals surface area contributed by atoms with E-state index in [-0.39, 0.29) is 5.91 Å². The second-order valence-corrected chi connectivity index (χ2v) is 7.08. The van der Waals surface area contributed by atoms with Crippen LogP contribution in [0.3, 0.4) is 0 Å². The molecule has 3 aliphatic heterocycles. The van der Waals surface area contributed by atoms with E-state index in [2.05, 4.69) is 5.32 Å². The number of carbonyl (C=O) groups is 1. The van der Waals surface area contributed by atoms with Crippen LogP contribution in [0.25, 0.3) is 6.08 Å². The highest BCUT2D eigenvalue weighted by Crippen LogP contribution is 2.37. The van der Waals surface area contributed by atoms with Crippen LogP contribution in [0, 0.1) is 5.41 Å². The third-order valence-corrected chi connectivity index (χ3v) is 5.65. The average molecular weight is 328 g/mol. The number of likely N-dealkylation sites (tertiary alicyclic amines) is 1. The highest BCUT2D eigenvalue weighted by atomic mass is 16.5. The van der Waals surface area contributed by atoms with Crippen molar-refractivity contribution in [2.24, 2.45) is 5.41 Å². The van der Waals surface area contributed by atoms with Crippen LogP contribution in [0.4, 0.5) is 0 Å². The quantitative estimate of drug-likeness (QED) is 0.903. The maximum absolute atomic E-state index is 12.9. The molecule has 0 aromatic heterocycles. The molecular formula is C19H24N2O3. The Morgan fingerprint density at radius 1 is 1.29 bits per heavy atom. The molecule has 5 nitrogen and oxygen atoms in total. The van der Waals surface area contributed by atoms with E-state index in [1.807, 2.05) is 29.2 Å². The number of carbonyl (C=O) groups excluding carboxylic acids is 1. The summed E-state index contributed by atoms with van der Waals surface area (Å²) in [5.74, 6) is 1.70. The van der Waals surface area contributed by atoms with Crippen LogP contribution in [0.2, 0.25) is 0 Å². The minimum Gasteiger partial charge on any atom is -0.497 e. The van der Waals surface area contributed by atoms with Crippen molar-refractivity contribution >= 4 is 12.0 Å². The summed E-state index contributed by atoms with van der Waals surface area (Å²) in [6, 6.07) is 5.68. The van der Waals surface area contributed by atoms with E-state index in [4.69, 9.17) is 9.47 Å². The Morgan fingerprint density at radius 2 is 2.12 bits per heavy atom. The summed E-state index contributed by atoms with van der Waals surface area (Å²) in [4.78, 5) is 14.8. The van der Waals surface area contributed by atoms with Gasteiger partial charge in [-0.05, 0) is 55.5 Å². The summed E-state index contributed by atoms with van der Waals surface area (Å²) >= 11 is 0. The van der Waals surface area contributed by atoms with Gasteiger partial charge in [0.05, 0.1) is 12.7 Å². The molecule has 0 unspecified atom stereocenters. The van der Waals surface area contributed by atoms with E-state index in [9.17, 15) is 4.79 Å². The van der Waals surface area contributed by atoms with E-state index < -0.39 is 0 Å². The topological polar surface area (TPSA) is 50.8 Å². The molecule has 1 aromatic carbocycles. The molecule has 3 aliphatic rings. The van der Waals surface area contributed by atoms with Crippen molar-refractivity contribution in [1.29, 1.82) is 0 Å². The van der Waals surface area contributed by atoms with Crippen LogP contribution in [0.5, 0.6) is 11.5 Å². The summed E-state index contributed by atoms with van der Waals surface area (Å²) in [5, 5.41) is 3.47. The molecule has 2 saturated heterocycles. The molecular weight excluding hydrogens is 304 g/mol. The minimum absolute atomic E-state index is 0.115. The summed E-state index contributed by atoms with van der Waals surface area (Å²) in [6.45, 7) is 4.27. The van der Waals surface area contributed by atoms with Crippen molar-refractivity contribution in [2.45, 2.75) is 19.3 Å². The molecule has 1 amide bonds. The maximum Gasteiger partial charge on any atom is 0.253 e. The molecule has 5 heteroatoms. The zero-order valence-electron chi connectivity index (χ0n) is 14.1. The van der Waals surface area contributed by atoms with E-state index in [1.165, 1.54) is 6.42 Å². The van der Waals surface area contributed by atoms with Crippen LogP contribution in [-0.2, 0) is 4.79 Å². The van der Waals surface area contributed by atoms with Gasteiger partial charge in [0.25, 0.3) is 5.91 Å². The molecule has 0 atom stereocenters. The first kappa shape index (κ1) is 15.5. The lowest BCUT2D eigenvalue weighted by molar-refractivity contribution is -0.129. The van der Waals surface area contributed by atoms with Gasteiger partial charge in [-0.1, -0.05) is 0 Å². The molecule has 24 heavy (non-hydrogen) atoms. The lowest BCUT2D eigenvalue weighted by atomic mass is 9.77. The van der Waals surface area contributed by atoms with Gasteiger partial charge in [0.1, 0.15) is 18.1 Å². The fourth-order valence-electron chi connectivity index (χ4n) is 4.02.